The highest BCUT2D eigenvalue weighted by atomic mass is 32.2. The minimum atomic E-state index is -3.34. The first-order valence-corrected chi connectivity index (χ1v) is 12.7. The van der Waals surface area contributed by atoms with Gasteiger partial charge in [0.15, 0.2) is 10.9 Å². The molecule has 0 spiro atoms. The van der Waals surface area contributed by atoms with E-state index in [0.29, 0.717) is 33.2 Å². The summed E-state index contributed by atoms with van der Waals surface area (Å²) in [4.78, 5) is 30.3. The Balaban J connectivity index is 1.56. The van der Waals surface area contributed by atoms with E-state index < -0.39 is 10.0 Å². The largest absolute Gasteiger partial charge is 0.293 e. The molecule has 0 amide bonds. The van der Waals surface area contributed by atoms with E-state index in [1.54, 1.807) is 31.3 Å². The summed E-state index contributed by atoms with van der Waals surface area (Å²) < 4.78 is 26.8. The lowest BCUT2D eigenvalue weighted by atomic mass is 9.99. The molecule has 2 aromatic heterocycles. The second kappa shape index (κ2) is 7.58. The van der Waals surface area contributed by atoms with Crippen LogP contribution in [0.4, 0.5) is 5.69 Å². The lowest BCUT2D eigenvalue weighted by molar-refractivity contribution is 0.102. The molecule has 0 radical (unpaired) electrons. The van der Waals surface area contributed by atoms with Gasteiger partial charge >= 0.3 is 0 Å². The first kappa shape index (κ1) is 20.1. The summed E-state index contributed by atoms with van der Waals surface area (Å²) in [5, 5.41) is 2.91. The van der Waals surface area contributed by atoms with Gasteiger partial charge in [0, 0.05) is 19.2 Å². The smallest absolute Gasteiger partial charge is 0.262 e. The predicted molar refractivity (Wildman–Crippen MR) is 117 cm³/mol. The number of anilines is 1. The summed E-state index contributed by atoms with van der Waals surface area (Å²) in [6.45, 7) is 0.458. The summed E-state index contributed by atoms with van der Waals surface area (Å²) in [5.41, 5.74) is 1.92. The van der Waals surface area contributed by atoms with Crippen molar-refractivity contribution in [1.82, 2.24) is 9.55 Å². The van der Waals surface area contributed by atoms with Crippen LogP contribution in [0.3, 0.4) is 0 Å². The summed E-state index contributed by atoms with van der Waals surface area (Å²) in [6, 6.07) is 6.91. The van der Waals surface area contributed by atoms with Gasteiger partial charge in [0.25, 0.3) is 5.56 Å². The van der Waals surface area contributed by atoms with E-state index in [1.165, 1.54) is 38.2 Å². The van der Waals surface area contributed by atoms with Gasteiger partial charge in [-0.1, -0.05) is 11.8 Å². The first-order chi connectivity index (χ1) is 13.8. The molecular formula is C19H19N3O4S3. The summed E-state index contributed by atoms with van der Waals surface area (Å²) >= 11 is 2.62. The molecule has 0 saturated carbocycles. The topological polar surface area (TPSA) is 89.3 Å². The van der Waals surface area contributed by atoms with E-state index in [9.17, 15) is 18.0 Å². The molecule has 1 aromatic carbocycles. The Hall–Kier alpha value is -2.17. The number of sulfonamides is 1. The number of rotatable bonds is 5. The van der Waals surface area contributed by atoms with Crippen molar-refractivity contribution in [2.45, 2.75) is 18.0 Å². The quantitative estimate of drug-likeness (QED) is 0.338. The molecule has 0 saturated heterocycles. The third-order valence-corrected chi connectivity index (χ3v) is 7.89. The normalized spacial score (nSPS) is 14.2. The van der Waals surface area contributed by atoms with Crippen LogP contribution in [0.15, 0.2) is 39.6 Å². The van der Waals surface area contributed by atoms with Gasteiger partial charge in [0.2, 0.25) is 10.0 Å². The number of aromatic nitrogens is 2. The van der Waals surface area contributed by atoms with Crippen LogP contribution < -0.4 is 9.86 Å². The molecular weight excluding hydrogens is 430 g/mol. The van der Waals surface area contributed by atoms with E-state index in [4.69, 9.17) is 0 Å². The molecule has 1 aliphatic heterocycles. The number of carbonyl (C=O) groups excluding carboxylic acids is 1. The van der Waals surface area contributed by atoms with Crippen LogP contribution in [0, 0.1) is 0 Å². The zero-order valence-corrected chi connectivity index (χ0v) is 18.4. The maximum absolute atomic E-state index is 12.7. The average molecular weight is 450 g/mol. The molecule has 0 N–H and O–H groups in total. The Bertz CT molecular complexity index is 1280. The Labute approximate surface area is 176 Å². The fraction of sp³-hybridized carbons (Fsp3) is 0.316. The number of hydrogen-bond donors (Lipinski definition) is 0. The number of nitrogens with zero attached hydrogens (tertiary/aromatic N) is 3. The average Bonchev–Trinajstić information content (AvgIpc) is 3.16. The second-order valence-corrected chi connectivity index (χ2v) is 10.6. The molecule has 0 fully saturated rings. The minimum absolute atomic E-state index is 0.0881. The Morgan fingerprint density at radius 2 is 2.10 bits per heavy atom. The zero-order chi connectivity index (χ0) is 20.8. The van der Waals surface area contributed by atoms with Crippen LogP contribution in [-0.2, 0) is 23.5 Å². The van der Waals surface area contributed by atoms with E-state index in [0.717, 1.165) is 18.4 Å². The molecule has 10 heteroatoms. The standard InChI is InChI=1S/C19H19N3O4S3/c1-21-18(24)14-7-9-27-17(14)20-19(21)28-11-16(23)13-5-6-15-12(10-13)4-3-8-22(15)29(2,25)26/h5-7,9-10H,3-4,8,11H2,1-2H3. The van der Waals surface area contributed by atoms with Crippen molar-refractivity contribution < 1.29 is 13.2 Å². The number of fused-ring (bicyclic) bond motifs is 2. The van der Waals surface area contributed by atoms with Crippen molar-refractivity contribution in [3.8, 4) is 0 Å². The van der Waals surface area contributed by atoms with Crippen molar-refractivity contribution in [3.05, 3.63) is 51.1 Å². The Morgan fingerprint density at radius 1 is 1.31 bits per heavy atom. The van der Waals surface area contributed by atoms with Crippen LogP contribution >= 0.6 is 23.1 Å². The molecule has 29 heavy (non-hydrogen) atoms. The van der Waals surface area contributed by atoms with Crippen LogP contribution in [0.2, 0.25) is 0 Å². The minimum Gasteiger partial charge on any atom is -0.293 e. The predicted octanol–water partition coefficient (Wildman–Crippen LogP) is 2.68. The van der Waals surface area contributed by atoms with Crippen molar-refractivity contribution in [3.63, 3.8) is 0 Å². The number of thiophene rings is 1. The van der Waals surface area contributed by atoms with Crippen molar-refractivity contribution in [1.29, 1.82) is 0 Å². The third kappa shape index (κ3) is 3.84. The summed E-state index contributed by atoms with van der Waals surface area (Å²) in [5.74, 6) is 0.0564. The highest BCUT2D eigenvalue weighted by Crippen LogP contribution is 2.30. The van der Waals surface area contributed by atoms with E-state index in [2.05, 4.69) is 4.98 Å². The molecule has 0 bridgehead atoms. The van der Waals surface area contributed by atoms with Gasteiger partial charge < -0.3 is 0 Å². The molecule has 152 valence electrons. The first-order valence-electron chi connectivity index (χ1n) is 8.96. The molecule has 3 aromatic rings. The number of carbonyl (C=O) groups is 1. The fourth-order valence-electron chi connectivity index (χ4n) is 3.40. The van der Waals surface area contributed by atoms with Gasteiger partial charge in [-0.15, -0.1) is 11.3 Å². The van der Waals surface area contributed by atoms with E-state index in [-0.39, 0.29) is 17.1 Å². The molecule has 0 aliphatic carbocycles. The number of benzene rings is 1. The monoisotopic (exact) mass is 449 g/mol. The van der Waals surface area contributed by atoms with Crippen molar-refractivity contribution in [2.24, 2.45) is 7.05 Å². The lowest BCUT2D eigenvalue weighted by Gasteiger charge is -2.29. The molecule has 7 nitrogen and oxygen atoms in total. The lowest BCUT2D eigenvalue weighted by Crippen LogP contribution is -2.34. The molecule has 1 aliphatic rings. The second-order valence-electron chi connectivity index (χ2n) is 6.89. The number of thioether (sulfide) groups is 1. The van der Waals surface area contributed by atoms with Crippen LogP contribution in [0.25, 0.3) is 10.2 Å². The highest BCUT2D eigenvalue weighted by Gasteiger charge is 2.24. The highest BCUT2D eigenvalue weighted by molar-refractivity contribution is 7.99. The Morgan fingerprint density at radius 3 is 2.86 bits per heavy atom. The molecule has 4 rings (SSSR count). The summed E-state index contributed by atoms with van der Waals surface area (Å²) in [7, 11) is -1.69. The van der Waals surface area contributed by atoms with Gasteiger partial charge in [-0.2, -0.15) is 0 Å². The van der Waals surface area contributed by atoms with Crippen LogP contribution in [0.1, 0.15) is 22.3 Å². The van der Waals surface area contributed by atoms with Crippen LogP contribution in [0.5, 0.6) is 0 Å². The van der Waals surface area contributed by atoms with Crippen molar-refractivity contribution in [2.75, 3.05) is 22.9 Å². The SMILES string of the molecule is Cn1c(SCC(=O)c2ccc3c(c2)CCCN3S(C)(=O)=O)nc2sccc2c1=O. The number of aryl methyl sites for hydroxylation is 1. The van der Waals surface area contributed by atoms with Gasteiger partial charge in [-0.05, 0) is 48.1 Å². The number of ketones is 1. The fourth-order valence-corrected chi connectivity index (χ4v) is 6.07. The van der Waals surface area contributed by atoms with Crippen molar-refractivity contribution >= 4 is 54.8 Å². The third-order valence-electron chi connectivity index (χ3n) is 4.87. The van der Waals surface area contributed by atoms with Gasteiger partial charge in [-0.25, -0.2) is 13.4 Å². The zero-order valence-electron chi connectivity index (χ0n) is 15.9. The van der Waals surface area contributed by atoms with Gasteiger partial charge in [0.05, 0.1) is 23.1 Å². The number of Topliss-reactive ketones (excluding diaryl/α,β-unsaturated/α-hetero) is 1. The van der Waals surface area contributed by atoms with E-state index >= 15 is 0 Å². The molecule has 3 heterocycles. The number of hydrogen-bond acceptors (Lipinski definition) is 7. The molecule has 0 atom stereocenters. The maximum Gasteiger partial charge on any atom is 0.262 e. The van der Waals surface area contributed by atoms with Gasteiger partial charge in [0.1, 0.15) is 4.83 Å². The Kier molecular flexibility index (Phi) is 5.26. The van der Waals surface area contributed by atoms with Crippen LogP contribution in [-0.4, -0.2) is 42.3 Å². The van der Waals surface area contributed by atoms with Gasteiger partial charge in [-0.3, -0.25) is 18.5 Å². The molecule has 0 unspecified atom stereocenters. The summed E-state index contributed by atoms with van der Waals surface area (Å²) in [6.07, 6.45) is 2.65. The maximum atomic E-state index is 12.7. The van der Waals surface area contributed by atoms with E-state index in [1.807, 2.05) is 5.38 Å².